The molecule has 0 aliphatic heterocycles. The van der Waals surface area contributed by atoms with Gasteiger partial charge in [-0.05, 0) is 68.4 Å². The van der Waals surface area contributed by atoms with E-state index in [0.29, 0.717) is 5.82 Å². The summed E-state index contributed by atoms with van der Waals surface area (Å²) in [6.45, 7) is 9.51. The number of aromatic amines is 1. The van der Waals surface area contributed by atoms with Crippen LogP contribution in [0.4, 0.5) is 0 Å². The van der Waals surface area contributed by atoms with Gasteiger partial charge in [-0.1, -0.05) is 100 Å². The zero-order chi connectivity index (χ0) is 23.1. The molecule has 1 aromatic heterocycles. The van der Waals surface area contributed by atoms with Crippen LogP contribution in [0.15, 0.2) is 72.8 Å². The normalized spacial score (nSPS) is 16.9. The summed E-state index contributed by atoms with van der Waals surface area (Å²) < 4.78 is 0. The molecule has 0 unspecified atom stereocenters. The molecule has 4 heteroatoms. The van der Waals surface area contributed by atoms with Crippen molar-refractivity contribution in [1.82, 2.24) is 20.6 Å². The van der Waals surface area contributed by atoms with Crippen LogP contribution in [0.5, 0.6) is 0 Å². The number of fused-ring (bicyclic) bond motifs is 1. The van der Waals surface area contributed by atoms with Gasteiger partial charge in [0.05, 0.1) is 0 Å². The van der Waals surface area contributed by atoms with E-state index >= 15 is 0 Å². The van der Waals surface area contributed by atoms with Crippen molar-refractivity contribution in [2.45, 2.75) is 51.4 Å². The maximum atomic E-state index is 4.08. The predicted octanol–water partition coefficient (Wildman–Crippen LogP) is 6.80. The SMILES string of the molecule is CC1(C)CCC(C)(C)c2cc(/C(=C\c3ccc(-c4nn[nH]n4)cc3)c3ccccc3)ccc21. The van der Waals surface area contributed by atoms with Crippen molar-refractivity contribution in [2.75, 3.05) is 0 Å². The summed E-state index contributed by atoms with van der Waals surface area (Å²) in [7, 11) is 0. The quantitative estimate of drug-likeness (QED) is 0.359. The van der Waals surface area contributed by atoms with E-state index in [4.69, 9.17) is 0 Å². The summed E-state index contributed by atoms with van der Waals surface area (Å²) in [5.74, 6) is 0.605. The molecule has 1 N–H and O–H groups in total. The molecule has 0 radical (unpaired) electrons. The molecule has 3 aromatic carbocycles. The Bertz CT molecular complexity index is 1280. The molecule has 0 saturated heterocycles. The fourth-order valence-corrected chi connectivity index (χ4v) is 4.89. The molecule has 0 spiro atoms. The molecule has 166 valence electrons. The summed E-state index contributed by atoms with van der Waals surface area (Å²) in [5, 5.41) is 14.3. The molecular formula is C29H30N4. The molecule has 33 heavy (non-hydrogen) atoms. The van der Waals surface area contributed by atoms with E-state index < -0.39 is 0 Å². The highest BCUT2D eigenvalue weighted by atomic mass is 15.5. The van der Waals surface area contributed by atoms with Gasteiger partial charge >= 0.3 is 0 Å². The maximum absolute atomic E-state index is 4.08. The molecular weight excluding hydrogens is 404 g/mol. The second kappa shape index (κ2) is 8.11. The number of nitrogens with one attached hydrogen (secondary N) is 1. The lowest BCUT2D eigenvalue weighted by molar-refractivity contribution is 0.332. The van der Waals surface area contributed by atoms with Crippen molar-refractivity contribution in [3.05, 3.63) is 101 Å². The van der Waals surface area contributed by atoms with E-state index in [9.17, 15) is 0 Å². The Morgan fingerprint density at radius 3 is 2.15 bits per heavy atom. The van der Waals surface area contributed by atoms with Gasteiger partial charge in [0.25, 0.3) is 0 Å². The Balaban J connectivity index is 1.61. The van der Waals surface area contributed by atoms with Crippen molar-refractivity contribution >= 4 is 11.6 Å². The Labute approximate surface area is 195 Å². The third-order valence-electron chi connectivity index (χ3n) is 7.07. The van der Waals surface area contributed by atoms with Gasteiger partial charge in [-0.25, -0.2) is 0 Å². The summed E-state index contributed by atoms with van der Waals surface area (Å²) in [5.41, 5.74) is 9.13. The van der Waals surface area contributed by atoms with Crippen LogP contribution in [0.2, 0.25) is 0 Å². The zero-order valence-corrected chi connectivity index (χ0v) is 19.8. The van der Waals surface area contributed by atoms with Gasteiger partial charge in [0.1, 0.15) is 0 Å². The van der Waals surface area contributed by atoms with Crippen LogP contribution in [-0.4, -0.2) is 20.6 Å². The zero-order valence-electron chi connectivity index (χ0n) is 19.8. The number of benzene rings is 3. The van der Waals surface area contributed by atoms with E-state index in [1.165, 1.54) is 40.7 Å². The Morgan fingerprint density at radius 1 is 0.788 bits per heavy atom. The minimum atomic E-state index is 0.175. The molecule has 1 aliphatic rings. The predicted molar refractivity (Wildman–Crippen MR) is 135 cm³/mol. The first-order valence-electron chi connectivity index (χ1n) is 11.6. The van der Waals surface area contributed by atoms with Gasteiger partial charge < -0.3 is 0 Å². The summed E-state index contributed by atoms with van der Waals surface area (Å²) in [6, 6.07) is 26.1. The topological polar surface area (TPSA) is 54.5 Å². The minimum Gasteiger partial charge on any atom is -0.177 e. The van der Waals surface area contributed by atoms with Crippen LogP contribution in [0.1, 0.15) is 68.4 Å². The van der Waals surface area contributed by atoms with Gasteiger partial charge in [0.2, 0.25) is 5.82 Å². The molecule has 1 aliphatic carbocycles. The second-order valence-corrected chi connectivity index (χ2v) is 10.3. The van der Waals surface area contributed by atoms with Crippen LogP contribution in [-0.2, 0) is 10.8 Å². The lowest BCUT2D eigenvalue weighted by atomic mass is 9.63. The fraction of sp³-hybridized carbons (Fsp3) is 0.276. The highest BCUT2D eigenvalue weighted by Crippen LogP contribution is 2.46. The van der Waals surface area contributed by atoms with E-state index in [0.717, 1.165) is 11.1 Å². The monoisotopic (exact) mass is 434 g/mol. The van der Waals surface area contributed by atoms with Crippen LogP contribution in [0.3, 0.4) is 0 Å². The maximum Gasteiger partial charge on any atom is 0.204 e. The largest absolute Gasteiger partial charge is 0.204 e. The highest BCUT2D eigenvalue weighted by molar-refractivity contribution is 5.92. The Hall–Kier alpha value is -3.53. The number of rotatable bonds is 4. The standard InChI is InChI=1S/C29H30N4/c1-28(2)16-17-29(3,4)26-19-23(14-15-25(26)28)24(21-8-6-5-7-9-21)18-20-10-12-22(13-11-20)27-30-32-33-31-27/h5-15,18-19H,16-17H2,1-4H3,(H,30,31,32,33)/b24-18-. The number of aromatic nitrogens is 4. The van der Waals surface area contributed by atoms with Crippen molar-refractivity contribution in [3.63, 3.8) is 0 Å². The van der Waals surface area contributed by atoms with Crippen molar-refractivity contribution in [3.8, 4) is 11.4 Å². The fourth-order valence-electron chi connectivity index (χ4n) is 4.89. The van der Waals surface area contributed by atoms with Crippen molar-refractivity contribution in [1.29, 1.82) is 0 Å². The van der Waals surface area contributed by atoms with E-state index in [2.05, 4.69) is 115 Å². The van der Waals surface area contributed by atoms with E-state index in [-0.39, 0.29) is 10.8 Å². The average Bonchev–Trinajstić information content (AvgIpc) is 3.36. The van der Waals surface area contributed by atoms with Crippen LogP contribution < -0.4 is 0 Å². The van der Waals surface area contributed by atoms with Gasteiger partial charge in [0, 0.05) is 5.56 Å². The van der Waals surface area contributed by atoms with Gasteiger partial charge in [-0.15, -0.1) is 10.2 Å². The molecule has 4 aromatic rings. The smallest absolute Gasteiger partial charge is 0.177 e. The summed E-state index contributed by atoms with van der Waals surface area (Å²) in [4.78, 5) is 0. The molecule has 0 fully saturated rings. The average molecular weight is 435 g/mol. The van der Waals surface area contributed by atoms with E-state index in [1.807, 2.05) is 12.1 Å². The van der Waals surface area contributed by atoms with Crippen LogP contribution in [0, 0.1) is 0 Å². The first-order chi connectivity index (χ1) is 15.8. The van der Waals surface area contributed by atoms with Crippen molar-refractivity contribution in [2.24, 2.45) is 0 Å². The molecule has 5 rings (SSSR count). The van der Waals surface area contributed by atoms with E-state index in [1.54, 1.807) is 0 Å². The van der Waals surface area contributed by atoms with Crippen LogP contribution in [0.25, 0.3) is 23.0 Å². The Morgan fingerprint density at radius 2 is 1.48 bits per heavy atom. The van der Waals surface area contributed by atoms with Crippen molar-refractivity contribution < 1.29 is 0 Å². The van der Waals surface area contributed by atoms with Crippen LogP contribution >= 0.6 is 0 Å². The molecule has 0 saturated carbocycles. The summed E-state index contributed by atoms with van der Waals surface area (Å²) >= 11 is 0. The highest BCUT2D eigenvalue weighted by Gasteiger charge is 2.37. The first kappa shape index (κ1) is 21.3. The number of hydrogen-bond donors (Lipinski definition) is 1. The molecule has 0 atom stereocenters. The first-order valence-corrected chi connectivity index (χ1v) is 11.6. The third-order valence-corrected chi connectivity index (χ3v) is 7.07. The molecule has 0 bridgehead atoms. The second-order valence-electron chi connectivity index (χ2n) is 10.3. The molecule has 4 nitrogen and oxygen atoms in total. The number of nitrogens with zero attached hydrogens (tertiary/aromatic N) is 3. The lowest BCUT2D eigenvalue weighted by Crippen LogP contribution is -2.33. The number of hydrogen-bond acceptors (Lipinski definition) is 3. The number of H-pyrrole nitrogens is 1. The van der Waals surface area contributed by atoms with Gasteiger partial charge in [0.15, 0.2) is 0 Å². The molecule has 1 heterocycles. The summed E-state index contributed by atoms with van der Waals surface area (Å²) in [6.07, 6.45) is 4.71. The lowest BCUT2D eigenvalue weighted by Gasteiger charge is -2.42. The minimum absolute atomic E-state index is 0.175. The van der Waals surface area contributed by atoms with Gasteiger partial charge in [-0.2, -0.15) is 5.21 Å². The Kier molecular flexibility index (Phi) is 5.24. The number of tetrazole rings is 1. The van der Waals surface area contributed by atoms with Gasteiger partial charge in [-0.3, -0.25) is 0 Å². The molecule has 0 amide bonds. The third kappa shape index (κ3) is 4.13.